The van der Waals surface area contributed by atoms with Gasteiger partial charge < -0.3 is 4.90 Å². The lowest BCUT2D eigenvalue weighted by Gasteiger charge is -2.37. The van der Waals surface area contributed by atoms with Gasteiger partial charge in [-0.3, -0.25) is 9.69 Å². The van der Waals surface area contributed by atoms with E-state index in [0.717, 1.165) is 31.2 Å². The number of anilines is 1. The summed E-state index contributed by atoms with van der Waals surface area (Å²) in [7, 11) is -9.26. The van der Waals surface area contributed by atoms with Gasteiger partial charge in [0.25, 0.3) is 20.0 Å². The van der Waals surface area contributed by atoms with Crippen LogP contribution in [0.4, 0.5) is 5.69 Å². The second-order valence-electron chi connectivity index (χ2n) is 10.7. The fourth-order valence-corrected chi connectivity index (χ4v) is 9.90. The van der Waals surface area contributed by atoms with E-state index in [1.165, 1.54) is 55.0 Å². The minimum atomic E-state index is -4.66. The van der Waals surface area contributed by atoms with E-state index in [4.69, 9.17) is 23.2 Å². The molecule has 1 aliphatic heterocycles. The molecule has 0 N–H and O–H groups in total. The molecule has 1 saturated heterocycles. The molecule has 0 unspecified atom stereocenters. The van der Waals surface area contributed by atoms with Crippen LogP contribution in [-0.4, -0.2) is 58.7 Å². The summed E-state index contributed by atoms with van der Waals surface area (Å²) >= 11 is 12.2. The summed E-state index contributed by atoms with van der Waals surface area (Å²) < 4.78 is 56.2. The SMILES string of the molecule is O=C(C1CCCCC1)N1CCN(Cc2cccc(N(S(=O)(=O)c3ccc(Cl)cc3)S(=O)(=O)c3ccccc3Cl)c2)CC1. The third-order valence-electron chi connectivity index (χ3n) is 7.83. The molecule has 3 aromatic carbocycles. The normalized spacial score (nSPS) is 17.2. The van der Waals surface area contributed by atoms with E-state index in [9.17, 15) is 21.6 Å². The summed E-state index contributed by atoms with van der Waals surface area (Å²) in [6.45, 7) is 3.08. The van der Waals surface area contributed by atoms with Crippen LogP contribution in [-0.2, 0) is 31.4 Å². The molecule has 0 aromatic heterocycles. The zero-order valence-electron chi connectivity index (χ0n) is 23.0. The van der Waals surface area contributed by atoms with Crippen molar-refractivity contribution >= 4 is 54.8 Å². The van der Waals surface area contributed by atoms with Crippen LogP contribution < -0.4 is 3.71 Å². The Labute approximate surface area is 257 Å². The number of piperazine rings is 1. The summed E-state index contributed by atoms with van der Waals surface area (Å²) in [5, 5.41) is 0.225. The fourth-order valence-electron chi connectivity index (χ4n) is 5.61. The van der Waals surface area contributed by atoms with Crippen LogP contribution >= 0.6 is 23.2 Å². The molecule has 1 amide bonds. The number of amides is 1. The molecule has 0 bridgehead atoms. The minimum Gasteiger partial charge on any atom is -0.340 e. The summed E-state index contributed by atoms with van der Waals surface area (Å²) in [5.41, 5.74) is 0.707. The second-order valence-corrected chi connectivity index (χ2v) is 15.3. The Kier molecular flexibility index (Phi) is 9.49. The van der Waals surface area contributed by atoms with E-state index in [-0.39, 0.29) is 32.3 Å². The van der Waals surface area contributed by atoms with E-state index in [0.29, 0.717) is 41.5 Å². The molecule has 1 aliphatic carbocycles. The third-order valence-corrected chi connectivity index (χ3v) is 12.8. The third kappa shape index (κ3) is 6.63. The highest BCUT2D eigenvalue weighted by atomic mass is 35.5. The zero-order valence-corrected chi connectivity index (χ0v) is 26.2. The molecule has 0 atom stereocenters. The van der Waals surface area contributed by atoms with Gasteiger partial charge in [-0.1, -0.05) is 66.7 Å². The molecule has 42 heavy (non-hydrogen) atoms. The molecule has 0 radical (unpaired) electrons. The summed E-state index contributed by atoms with van der Waals surface area (Å²) in [6, 6.07) is 17.6. The quantitative estimate of drug-likeness (QED) is 0.306. The lowest BCUT2D eigenvalue weighted by atomic mass is 9.88. The predicted octanol–water partition coefficient (Wildman–Crippen LogP) is 5.80. The predicted molar refractivity (Wildman–Crippen MR) is 165 cm³/mol. The van der Waals surface area contributed by atoms with Crippen LogP contribution in [0.25, 0.3) is 0 Å². The van der Waals surface area contributed by atoms with Crippen molar-refractivity contribution in [3.63, 3.8) is 0 Å². The van der Waals surface area contributed by atoms with Gasteiger partial charge in [-0.25, -0.2) is 8.42 Å². The van der Waals surface area contributed by atoms with Crippen LogP contribution in [0.5, 0.6) is 0 Å². The summed E-state index contributed by atoms with van der Waals surface area (Å²) in [4.78, 5) is 16.6. The maximum atomic E-state index is 14.0. The van der Waals surface area contributed by atoms with Crippen molar-refractivity contribution < 1.29 is 21.6 Å². The van der Waals surface area contributed by atoms with E-state index in [2.05, 4.69) is 4.90 Å². The number of benzene rings is 3. The van der Waals surface area contributed by atoms with Crippen LogP contribution in [0.3, 0.4) is 0 Å². The van der Waals surface area contributed by atoms with Gasteiger partial charge in [0.15, 0.2) is 0 Å². The van der Waals surface area contributed by atoms with E-state index in [1.54, 1.807) is 18.2 Å². The smallest absolute Gasteiger partial charge is 0.279 e. The molecular weight excluding hydrogens is 617 g/mol. The van der Waals surface area contributed by atoms with E-state index < -0.39 is 20.0 Å². The first kappa shape index (κ1) is 30.8. The molecule has 2 fully saturated rings. The Morgan fingerprint density at radius 3 is 2.12 bits per heavy atom. The molecule has 0 spiro atoms. The number of nitrogens with zero attached hydrogens (tertiary/aromatic N) is 3. The number of halogens is 2. The van der Waals surface area contributed by atoms with Crippen molar-refractivity contribution in [2.24, 2.45) is 5.92 Å². The van der Waals surface area contributed by atoms with Crippen LogP contribution in [0.15, 0.2) is 82.6 Å². The second kappa shape index (κ2) is 12.9. The number of rotatable bonds is 8. The lowest BCUT2D eigenvalue weighted by Crippen LogP contribution is -2.50. The summed E-state index contributed by atoms with van der Waals surface area (Å²) in [6.07, 6.45) is 5.37. The summed E-state index contributed by atoms with van der Waals surface area (Å²) in [5.74, 6) is 0.389. The van der Waals surface area contributed by atoms with Crippen molar-refractivity contribution in [1.82, 2.24) is 9.80 Å². The topological polar surface area (TPSA) is 95.1 Å². The standard InChI is InChI=1S/C30H33Cl2N3O5S2/c31-25-13-15-27(16-14-25)41(37,38)35(42(39,40)29-12-5-4-11-28(29)32)26-10-6-7-23(21-26)22-33-17-19-34(20-18-33)30(36)24-8-2-1-3-9-24/h4-7,10-16,21,24H,1-3,8-9,17-20,22H2. The Bertz CT molecular complexity index is 1640. The van der Waals surface area contributed by atoms with Crippen molar-refractivity contribution in [3.05, 3.63) is 88.4 Å². The van der Waals surface area contributed by atoms with Crippen molar-refractivity contribution in [3.8, 4) is 0 Å². The number of carbonyl (C=O) groups is 1. The highest BCUT2D eigenvalue weighted by molar-refractivity contribution is 8.10. The van der Waals surface area contributed by atoms with Crippen LogP contribution in [0.1, 0.15) is 37.7 Å². The van der Waals surface area contributed by atoms with Gasteiger partial charge >= 0.3 is 0 Å². The Morgan fingerprint density at radius 1 is 0.786 bits per heavy atom. The average Bonchev–Trinajstić information content (AvgIpc) is 2.98. The molecule has 12 heteroatoms. The maximum Gasteiger partial charge on any atom is 0.279 e. The highest BCUT2D eigenvalue weighted by Gasteiger charge is 2.38. The van der Waals surface area contributed by atoms with Gasteiger partial charge in [0.2, 0.25) is 5.91 Å². The highest BCUT2D eigenvalue weighted by Crippen LogP contribution is 2.34. The molecule has 8 nitrogen and oxygen atoms in total. The fraction of sp³-hybridized carbons (Fsp3) is 0.367. The minimum absolute atomic E-state index is 0.0338. The van der Waals surface area contributed by atoms with Crippen LogP contribution in [0.2, 0.25) is 10.0 Å². The monoisotopic (exact) mass is 649 g/mol. The van der Waals surface area contributed by atoms with Gasteiger partial charge in [-0.15, -0.1) is 0 Å². The van der Waals surface area contributed by atoms with Crippen molar-refractivity contribution in [2.45, 2.75) is 48.4 Å². The van der Waals surface area contributed by atoms with E-state index in [1.807, 2.05) is 11.0 Å². The molecule has 3 aromatic rings. The first-order chi connectivity index (χ1) is 20.1. The Hall–Kier alpha value is -2.63. The number of sulfonamides is 2. The van der Waals surface area contributed by atoms with Gasteiger partial charge in [0.1, 0.15) is 4.90 Å². The first-order valence-corrected chi connectivity index (χ1v) is 17.6. The molecule has 1 heterocycles. The molecule has 224 valence electrons. The maximum absolute atomic E-state index is 14.0. The molecule has 5 rings (SSSR count). The van der Waals surface area contributed by atoms with Gasteiger partial charge in [-0.2, -0.15) is 12.1 Å². The lowest BCUT2D eigenvalue weighted by molar-refractivity contribution is -0.138. The zero-order chi connectivity index (χ0) is 29.9. The van der Waals surface area contributed by atoms with Gasteiger partial charge in [-0.05, 0) is 66.9 Å². The Balaban J connectivity index is 1.41. The van der Waals surface area contributed by atoms with Gasteiger partial charge in [0.05, 0.1) is 15.6 Å². The number of hydrogen-bond acceptors (Lipinski definition) is 6. The van der Waals surface area contributed by atoms with Crippen molar-refractivity contribution in [1.29, 1.82) is 0 Å². The van der Waals surface area contributed by atoms with E-state index >= 15 is 0 Å². The molecule has 2 aliphatic rings. The first-order valence-electron chi connectivity index (χ1n) is 14.0. The average molecular weight is 651 g/mol. The number of hydrogen-bond donors (Lipinski definition) is 0. The van der Waals surface area contributed by atoms with Gasteiger partial charge in [0, 0.05) is 43.7 Å². The largest absolute Gasteiger partial charge is 0.340 e. The molecule has 1 saturated carbocycles. The molecular formula is C30H33Cl2N3O5S2. The van der Waals surface area contributed by atoms with Crippen LogP contribution in [0, 0.1) is 5.92 Å². The number of carbonyl (C=O) groups excluding carboxylic acids is 1. The van der Waals surface area contributed by atoms with Crippen molar-refractivity contribution in [2.75, 3.05) is 29.9 Å². The Morgan fingerprint density at radius 2 is 1.45 bits per heavy atom.